The Kier molecular flexibility index (Phi) is 5.13. The molecule has 2 unspecified atom stereocenters. The summed E-state index contributed by atoms with van der Waals surface area (Å²) in [6.45, 7) is 2.40. The summed E-state index contributed by atoms with van der Waals surface area (Å²) in [5.41, 5.74) is 0. The maximum absolute atomic E-state index is 4.59. The van der Waals surface area contributed by atoms with Crippen molar-refractivity contribution in [2.24, 2.45) is 5.92 Å². The van der Waals surface area contributed by atoms with Crippen LogP contribution in [0.15, 0.2) is 0 Å². The molecule has 72 valence electrons. The van der Waals surface area contributed by atoms with E-state index < -0.39 is 0 Å². The van der Waals surface area contributed by atoms with E-state index in [1.165, 1.54) is 51.4 Å². The minimum absolute atomic E-state index is 0.690. The van der Waals surface area contributed by atoms with Gasteiger partial charge in [-0.2, -0.15) is 12.6 Å². The van der Waals surface area contributed by atoms with Crippen molar-refractivity contribution in [3.8, 4) is 0 Å². The molecular weight excluding hydrogens is 164 g/mol. The lowest BCUT2D eigenvalue weighted by Crippen LogP contribution is -2.04. The van der Waals surface area contributed by atoms with Gasteiger partial charge in [0.25, 0.3) is 0 Å². The molecular formula is C11H22S. The van der Waals surface area contributed by atoms with Crippen LogP contribution in [0.3, 0.4) is 0 Å². The van der Waals surface area contributed by atoms with Gasteiger partial charge < -0.3 is 0 Å². The third-order valence-corrected chi connectivity index (χ3v) is 3.48. The van der Waals surface area contributed by atoms with Crippen LogP contribution in [-0.4, -0.2) is 5.25 Å². The Morgan fingerprint density at radius 1 is 0.833 bits per heavy atom. The van der Waals surface area contributed by atoms with Crippen LogP contribution in [0.4, 0.5) is 0 Å². The molecule has 1 heteroatoms. The average molecular weight is 186 g/mol. The fraction of sp³-hybridized carbons (Fsp3) is 1.00. The minimum Gasteiger partial charge on any atom is -0.176 e. The molecule has 1 saturated carbocycles. The molecule has 0 aliphatic heterocycles. The molecule has 0 radical (unpaired) electrons. The van der Waals surface area contributed by atoms with Crippen LogP contribution in [0, 0.1) is 5.92 Å². The van der Waals surface area contributed by atoms with Crippen LogP contribution >= 0.6 is 12.6 Å². The average Bonchev–Trinajstić information content (AvgIpc) is 2.04. The fourth-order valence-corrected chi connectivity index (χ4v) is 2.41. The fourth-order valence-electron chi connectivity index (χ4n) is 2.04. The summed E-state index contributed by atoms with van der Waals surface area (Å²) in [6.07, 6.45) is 11.2. The maximum Gasteiger partial charge on any atom is 0.00168 e. The summed E-state index contributed by atoms with van der Waals surface area (Å²) in [5.74, 6) is 0.962. The van der Waals surface area contributed by atoms with Crippen LogP contribution in [0.1, 0.15) is 58.3 Å². The molecule has 0 amide bonds. The monoisotopic (exact) mass is 186 g/mol. The van der Waals surface area contributed by atoms with Crippen molar-refractivity contribution in [2.75, 3.05) is 0 Å². The highest BCUT2D eigenvalue weighted by Crippen LogP contribution is 2.23. The molecule has 0 N–H and O–H groups in total. The van der Waals surface area contributed by atoms with Crippen LogP contribution in [0.2, 0.25) is 0 Å². The van der Waals surface area contributed by atoms with Gasteiger partial charge in [0.05, 0.1) is 0 Å². The van der Waals surface area contributed by atoms with E-state index in [9.17, 15) is 0 Å². The maximum atomic E-state index is 4.59. The molecule has 0 spiro atoms. The van der Waals surface area contributed by atoms with Crippen LogP contribution in [-0.2, 0) is 0 Å². The molecule has 1 fully saturated rings. The van der Waals surface area contributed by atoms with E-state index in [1.807, 2.05) is 0 Å². The van der Waals surface area contributed by atoms with Crippen LogP contribution < -0.4 is 0 Å². The molecule has 1 aliphatic rings. The Morgan fingerprint density at radius 3 is 2.25 bits per heavy atom. The lowest BCUT2D eigenvalue weighted by atomic mass is 9.94. The van der Waals surface area contributed by atoms with Crippen molar-refractivity contribution in [1.29, 1.82) is 0 Å². The Balaban J connectivity index is 2.21. The van der Waals surface area contributed by atoms with Gasteiger partial charge in [-0.05, 0) is 18.8 Å². The van der Waals surface area contributed by atoms with Gasteiger partial charge in [0, 0.05) is 5.25 Å². The van der Waals surface area contributed by atoms with Crippen molar-refractivity contribution >= 4 is 12.6 Å². The highest BCUT2D eigenvalue weighted by molar-refractivity contribution is 7.80. The van der Waals surface area contributed by atoms with Crippen molar-refractivity contribution < 1.29 is 0 Å². The molecule has 0 aromatic rings. The number of rotatable bonds is 0. The molecule has 0 heterocycles. The van der Waals surface area contributed by atoms with Crippen molar-refractivity contribution in [3.63, 3.8) is 0 Å². The molecule has 0 aromatic carbocycles. The Labute approximate surface area is 82.5 Å². The quantitative estimate of drug-likeness (QED) is 0.542. The van der Waals surface area contributed by atoms with Crippen molar-refractivity contribution in [2.45, 2.75) is 63.5 Å². The van der Waals surface area contributed by atoms with Gasteiger partial charge in [-0.15, -0.1) is 0 Å². The molecule has 0 saturated heterocycles. The first kappa shape index (κ1) is 10.4. The zero-order valence-electron chi connectivity index (χ0n) is 8.26. The van der Waals surface area contributed by atoms with Gasteiger partial charge in [0.15, 0.2) is 0 Å². The zero-order chi connectivity index (χ0) is 8.81. The first-order chi connectivity index (χ1) is 5.79. The van der Waals surface area contributed by atoms with Gasteiger partial charge in [0.2, 0.25) is 0 Å². The molecule has 2 atom stereocenters. The third-order valence-electron chi connectivity index (χ3n) is 2.97. The summed E-state index contributed by atoms with van der Waals surface area (Å²) in [6, 6.07) is 0. The Morgan fingerprint density at radius 2 is 1.42 bits per heavy atom. The van der Waals surface area contributed by atoms with E-state index in [0.717, 1.165) is 5.92 Å². The Hall–Kier alpha value is 0.350. The number of thiol groups is 1. The molecule has 0 nitrogen and oxygen atoms in total. The minimum atomic E-state index is 0.690. The summed E-state index contributed by atoms with van der Waals surface area (Å²) in [7, 11) is 0. The van der Waals surface area contributed by atoms with Crippen molar-refractivity contribution in [1.82, 2.24) is 0 Å². The normalized spacial score (nSPS) is 34.5. The molecule has 1 rings (SSSR count). The van der Waals surface area contributed by atoms with Crippen LogP contribution in [0.25, 0.3) is 0 Å². The second-order valence-electron chi connectivity index (χ2n) is 4.33. The number of hydrogen-bond donors (Lipinski definition) is 1. The molecule has 0 bridgehead atoms. The van der Waals surface area contributed by atoms with E-state index in [1.54, 1.807) is 0 Å². The van der Waals surface area contributed by atoms with E-state index in [4.69, 9.17) is 0 Å². The highest BCUT2D eigenvalue weighted by atomic mass is 32.1. The highest BCUT2D eigenvalue weighted by Gasteiger charge is 2.08. The molecule has 0 aromatic heterocycles. The summed E-state index contributed by atoms with van der Waals surface area (Å²) in [4.78, 5) is 0. The first-order valence-electron chi connectivity index (χ1n) is 5.47. The molecule has 12 heavy (non-hydrogen) atoms. The van der Waals surface area contributed by atoms with E-state index in [-0.39, 0.29) is 0 Å². The lowest BCUT2D eigenvalue weighted by molar-refractivity contribution is 0.418. The first-order valence-corrected chi connectivity index (χ1v) is 5.98. The second kappa shape index (κ2) is 5.90. The predicted molar refractivity (Wildman–Crippen MR) is 58.9 cm³/mol. The predicted octanol–water partition coefficient (Wildman–Crippen LogP) is 4.06. The van der Waals surface area contributed by atoms with Gasteiger partial charge in [-0.25, -0.2) is 0 Å². The van der Waals surface area contributed by atoms with Gasteiger partial charge >= 0.3 is 0 Å². The zero-order valence-corrected chi connectivity index (χ0v) is 9.15. The van der Waals surface area contributed by atoms with Gasteiger partial charge in [-0.3, -0.25) is 0 Å². The molecule has 1 aliphatic carbocycles. The summed E-state index contributed by atoms with van der Waals surface area (Å²) in [5, 5.41) is 0.690. The SMILES string of the molecule is CC1CCCCCC(S)CCC1. The third kappa shape index (κ3) is 4.39. The van der Waals surface area contributed by atoms with E-state index in [0.29, 0.717) is 5.25 Å². The Bertz CT molecular complexity index is 99.6. The summed E-state index contributed by atoms with van der Waals surface area (Å²) < 4.78 is 0. The van der Waals surface area contributed by atoms with Crippen LogP contribution in [0.5, 0.6) is 0 Å². The van der Waals surface area contributed by atoms with E-state index in [2.05, 4.69) is 19.6 Å². The van der Waals surface area contributed by atoms with E-state index >= 15 is 0 Å². The number of hydrogen-bond acceptors (Lipinski definition) is 1. The van der Waals surface area contributed by atoms with Crippen molar-refractivity contribution in [3.05, 3.63) is 0 Å². The lowest BCUT2D eigenvalue weighted by Gasteiger charge is -2.16. The van der Waals surface area contributed by atoms with Gasteiger partial charge in [0.1, 0.15) is 0 Å². The second-order valence-corrected chi connectivity index (χ2v) is 5.06. The smallest absolute Gasteiger partial charge is 0.00168 e. The van der Waals surface area contributed by atoms with Gasteiger partial charge in [-0.1, -0.05) is 45.4 Å². The standard InChI is InChI=1S/C11H22S/c1-10-6-3-2-4-8-11(12)9-5-7-10/h10-12H,2-9H2,1H3. The largest absolute Gasteiger partial charge is 0.176 e. The topological polar surface area (TPSA) is 0 Å². The summed E-state index contributed by atoms with van der Waals surface area (Å²) >= 11 is 4.59.